The maximum absolute atomic E-state index is 14.1. The Morgan fingerprint density at radius 1 is 1.02 bits per heavy atom. The van der Waals surface area contributed by atoms with Gasteiger partial charge < -0.3 is 25.4 Å². The lowest BCUT2D eigenvalue weighted by molar-refractivity contribution is -0.118. The summed E-state index contributed by atoms with van der Waals surface area (Å²) in [7, 11) is 2.63. The minimum absolute atomic E-state index is 0.251. The van der Waals surface area contributed by atoms with Crippen LogP contribution in [0.3, 0.4) is 0 Å². The summed E-state index contributed by atoms with van der Waals surface area (Å²) in [5.74, 6) is -0.279. The number of aromatic amines is 1. The van der Waals surface area contributed by atoms with Gasteiger partial charge in [0.1, 0.15) is 6.04 Å². The van der Waals surface area contributed by atoms with E-state index in [2.05, 4.69) is 39.9 Å². The number of carbonyl (C=O) groups excluding carboxylic acids is 2. The molecule has 3 aromatic carbocycles. The third-order valence-corrected chi connectivity index (χ3v) is 9.31. The summed E-state index contributed by atoms with van der Waals surface area (Å²) in [6, 6.07) is 22.9. The molecule has 2 heterocycles. The number of nitrogens with zero attached hydrogens (tertiary/aromatic N) is 2. The summed E-state index contributed by atoms with van der Waals surface area (Å²) in [5.41, 5.74) is 4.70. The van der Waals surface area contributed by atoms with Crippen LogP contribution in [0.5, 0.6) is 0 Å². The Morgan fingerprint density at radius 2 is 1.72 bits per heavy atom. The van der Waals surface area contributed by atoms with Crippen LogP contribution < -0.4 is 10.6 Å². The van der Waals surface area contributed by atoms with Crippen molar-refractivity contribution in [2.45, 2.75) is 49.1 Å². The summed E-state index contributed by atoms with van der Waals surface area (Å²) >= 11 is 0. The number of nitrogens with one attached hydrogen (secondary N) is 3. The molecule has 43 heavy (non-hydrogen) atoms. The van der Waals surface area contributed by atoms with E-state index in [9.17, 15) is 13.8 Å². The fourth-order valence-electron chi connectivity index (χ4n) is 6.03. The second kappa shape index (κ2) is 13.6. The number of fused-ring (bicyclic) bond motifs is 1. The maximum atomic E-state index is 14.1. The molecule has 1 saturated heterocycles. The van der Waals surface area contributed by atoms with Crippen LogP contribution in [-0.2, 0) is 22.1 Å². The molecule has 226 valence electrons. The lowest BCUT2D eigenvalue weighted by Gasteiger charge is -2.34. The first-order chi connectivity index (χ1) is 20.7. The standard InChI is InChI=1S/C34H41N5O3S/c1-23(28-21-35-29-13-9-8-12-27(28)29)32(33(40)36-30-20-24(22-38(2)3)14-15-31(30)43(4)42)37-34(41)39-18-16-26(17-19-39)25-10-6-5-7-11-25/h5-15,20-21,23,26,32,35H,16-19,22H2,1-4H3,(H,36,40)(H,37,41)/t23-,32-,43?/m1/s1. The van der Waals surface area contributed by atoms with Crippen LogP contribution in [0, 0.1) is 0 Å². The van der Waals surface area contributed by atoms with Crippen molar-refractivity contribution in [3.05, 3.63) is 95.7 Å². The van der Waals surface area contributed by atoms with Crippen LogP contribution in [0.15, 0.2) is 83.9 Å². The second-order valence-electron chi connectivity index (χ2n) is 11.7. The van der Waals surface area contributed by atoms with E-state index < -0.39 is 16.8 Å². The first kappa shape index (κ1) is 30.5. The Labute approximate surface area is 256 Å². The predicted octanol–water partition coefficient (Wildman–Crippen LogP) is 5.67. The molecule has 3 amide bonds. The molecule has 0 radical (unpaired) electrons. The molecule has 5 rings (SSSR count). The molecular weight excluding hydrogens is 558 g/mol. The summed E-state index contributed by atoms with van der Waals surface area (Å²) < 4.78 is 12.6. The average molecular weight is 600 g/mol. The van der Waals surface area contributed by atoms with Gasteiger partial charge in [-0.05, 0) is 67.7 Å². The molecule has 1 aromatic heterocycles. The number of urea groups is 1. The van der Waals surface area contributed by atoms with Crippen LogP contribution in [0.4, 0.5) is 10.5 Å². The van der Waals surface area contributed by atoms with E-state index in [1.807, 2.05) is 79.5 Å². The molecule has 4 aromatic rings. The van der Waals surface area contributed by atoms with Gasteiger partial charge in [0.25, 0.3) is 0 Å². The lowest BCUT2D eigenvalue weighted by Crippen LogP contribution is -2.53. The lowest BCUT2D eigenvalue weighted by atomic mass is 9.89. The quantitative estimate of drug-likeness (QED) is 0.231. The normalized spacial score (nSPS) is 16.2. The van der Waals surface area contributed by atoms with Gasteiger partial charge in [0, 0.05) is 48.9 Å². The zero-order valence-corrected chi connectivity index (χ0v) is 26.1. The van der Waals surface area contributed by atoms with Crippen LogP contribution >= 0.6 is 0 Å². The number of likely N-dealkylation sites (tertiary alicyclic amines) is 1. The Balaban J connectivity index is 1.39. The largest absolute Gasteiger partial charge is 0.361 e. The highest BCUT2D eigenvalue weighted by Gasteiger charge is 2.33. The van der Waals surface area contributed by atoms with Crippen molar-refractivity contribution in [1.82, 2.24) is 20.1 Å². The zero-order valence-electron chi connectivity index (χ0n) is 25.3. The highest BCUT2D eigenvalue weighted by atomic mass is 32.2. The van der Waals surface area contributed by atoms with E-state index in [0.717, 1.165) is 34.9 Å². The van der Waals surface area contributed by atoms with Crippen molar-refractivity contribution in [3.63, 3.8) is 0 Å². The van der Waals surface area contributed by atoms with E-state index >= 15 is 0 Å². The van der Waals surface area contributed by atoms with Crippen molar-refractivity contribution < 1.29 is 13.8 Å². The van der Waals surface area contributed by atoms with Crippen LogP contribution in [0.2, 0.25) is 0 Å². The topological polar surface area (TPSA) is 97.5 Å². The van der Waals surface area contributed by atoms with Gasteiger partial charge in [0.05, 0.1) is 21.4 Å². The molecule has 1 aliphatic rings. The molecule has 3 atom stereocenters. The van der Waals surface area contributed by atoms with Gasteiger partial charge in [-0.2, -0.15) is 0 Å². The highest BCUT2D eigenvalue weighted by molar-refractivity contribution is 7.84. The molecule has 9 heteroatoms. The van der Waals surface area contributed by atoms with Crippen molar-refractivity contribution >= 4 is 39.3 Å². The number of carbonyl (C=O) groups is 2. The first-order valence-corrected chi connectivity index (χ1v) is 16.4. The van der Waals surface area contributed by atoms with E-state index in [1.54, 1.807) is 12.3 Å². The van der Waals surface area contributed by atoms with Crippen molar-refractivity contribution in [3.8, 4) is 0 Å². The highest BCUT2D eigenvalue weighted by Crippen LogP contribution is 2.31. The summed E-state index contributed by atoms with van der Waals surface area (Å²) in [6.45, 7) is 3.87. The van der Waals surface area contributed by atoms with Gasteiger partial charge in [-0.1, -0.05) is 61.5 Å². The van der Waals surface area contributed by atoms with E-state index in [4.69, 9.17) is 0 Å². The Morgan fingerprint density at radius 3 is 2.42 bits per heavy atom. The molecule has 0 bridgehead atoms. The SMILES string of the molecule is C[C@H](c1c[nH]c2ccccc12)[C@@H](NC(=O)N1CCC(c2ccccc2)CC1)C(=O)Nc1cc(CN(C)C)ccc1S(C)=O. The monoisotopic (exact) mass is 599 g/mol. The number of rotatable bonds is 9. The smallest absolute Gasteiger partial charge is 0.318 e. The number of anilines is 1. The number of hydrogen-bond donors (Lipinski definition) is 3. The molecular formula is C34H41N5O3S. The van der Waals surface area contributed by atoms with Gasteiger partial charge in [-0.25, -0.2) is 4.79 Å². The molecule has 0 spiro atoms. The van der Waals surface area contributed by atoms with Gasteiger partial charge in [-0.15, -0.1) is 0 Å². The molecule has 1 aliphatic heterocycles. The molecule has 8 nitrogen and oxygen atoms in total. The Bertz CT molecular complexity index is 1590. The van der Waals surface area contributed by atoms with Crippen LogP contribution in [-0.4, -0.2) is 70.4 Å². The average Bonchev–Trinajstić information content (AvgIpc) is 3.44. The van der Waals surface area contributed by atoms with Gasteiger partial charge in [0.2, 0.25) is 5.91 Å². The number of aromatic nitrogens is 1. The molecule has 1 unspecified atom stereocenters. The second-order valence-corrected chi connectivity index (χ2v) is 13.0. The molecule has 3 N–H and O–H groups in total. The van der Waals surface area contributed by atoms with Gasteiger partial charge in [0.15, 0.2) is 0 Å². The third-order valence-electron chi connectivity index (χ3n) is 8.34. The third kappa shape index (κ3) is 7.17. The predicted molar refractivity (Wildman–Crippen MR) is 174 cm³/mol. The molecule has 0 saturated carbocycles. The van der Waals surface area contributed by atoms with E-state index in [1.165, 1.54) is 5.56 Å². The van der Waals surface area contributed by atoms with Crippen molar-refractivity contribution in [2.24, 2.45) is 0 Å². The molecule has 1 fully saturated rings. The molecule has 0 aliphatic carbocycles. The minimum atomic E-state index is -1.31. The number of amides is 3. The first-order valence-electron chi connectivity index (χ1n) is 14.8. The summed E-state index contributed by atoms with van der Waals surface area (Å²) in [6.07, 6.45) is 5.26. The van der Waals surface area contributed by atoms with E-state index in [-0.39, 0.29) is 17.9 Å². The van der Waals surface area contributed by atoms with Gasteiger partial charge >= 0.3 is 6.03 Å². The summed E-state index contributed by atoms with van der Waals surface area (Å²) in [4.78, 5) is 35.4. The number of hydrogen-bond acceptors (Lipinski definition) is 4. The Kier molecular flexibility index (Phi) is 9.62. The number of para-hydroxylation sites is 1. The van der Waals surface area contributed by atoms with Crippen molar-refractivity contribution in [2.75, 3.05) is 38.8 Å². The maximum Gasteiger partial charge on any atom is 0.318 e. The minimum Gasteiger partial charge on any atom is -0.361 e. The zero-order chi connectivity index (χ0) is 30.5. The number of benzene rings is 3. The Hall–Kier alpha value is -3.95. The van der Waals surface area contributed by atoms with Crippen LogP contribution in [0.25, 0.3) is 10.9 Å². The van der Waals surface area contributed by atoms with E-state index in [0.29, 0.717) is 36.1 Å². The summed E-state index contributed by atoms with van der Waals surface area (Å²) in [5, 5.41) is 7.13. The number of piperidine rings is 1. The van der Waals surface area contributed by atoms with Gasteiger partial charge in [-0.3, -0.25) is 9.00 Å². The fraction of sp³-hybridized carbons (Fsp3) is 0.353. The van der Waals surface area contributed by atoms with Crippen LogP contribution in [0.1, 0.15) is 48.3 Å². The fourth-order valence-corrected chi connectivity index (χ4v) is 6.71. The van der Waals surface area contributed by atoms with Crippen molar-refractivity contribution in [1.29, 1.82) is 0 Å². The number of H-pyrrole nitrogens is 1.